The minimum atomic E-state index is -1.15. The summed E-state index contributed by atoms with van der Waals surface area (Å²) in [5, 5.41) is 19.6. The van der Waals surface area contributed by atoms with E-state index < -0.39 is 29.0 Å². The van der Waals surface area contributed by atoms with E-state index in [2.05, 4.69) is 0 Å². The summed E-state index contributed by atoms with van der Waals surface area (Å²) >= 11 is 5.92. The number of rotatable bonds is 3. The first-order valence-corrected chi connectivity index (χ1v) is 6.79. The Kier molecular flexibility index (Phi) is 4.62. The van der Waals surface area contributed by atoms with Gasteiger partial charge in [0.25, 0.3) is 11.6 Å². The van der Waals surface area contributed by atoms with Crippen molar-refractivity contribution in [2.24, 2.45) is 0 Å². The first kappa shape index (κ1) is 16.2. The van der Waals surface area contributed by atoms with Crippen molar-refractivity contribution in [1.82, 2.24) is 4.90 Å². The topological polar surface area (TPSA) is 110 Å². The second kappa shape index (κ2) is 6.29. The molecule has 8 nitrogen and oxygen atoms in total. The molecule has 9 heteroatoms. The number of carboxylic acids is 1. The van der Waals surface area contributed by atoms with Crippen molar-refractivity contribution in [2.75, 3.05) is 13.1 Å². The maximum absolute atomic E-state index is 12.4. The van der Waals surface area contributed by atoms with Gasteiger partial charge < -0.3 is 14.7 Å². The zero-order valence-corrected chi connectivity index (χ0v) is 12.3. The molecule has 0 aliphatic carbocycles. The summed E-state index contributed by atoms with van der Waals surface area (Å²) in [6.07, 6.45) is -1.54. The van der Waals surface area contributed by atoms with E-state index in [-0.39, 0.29) is 29.4 Å². The standard InChI is InChI=1S/C13H13ClN2O6/c1-7-5-15(6-11(22-7)13(18)19)12(17)9-3-2-8(16(20)21)4-10(9)14/h2-4,7,11H,5-6H2,1H3,(H,18,19)/t7-,11?/m1/s1. The number of hydrogen-bond donors (Lipinski definition) is 1. The molecule has 1 unspecified atom stereocenters. The number of aliphatic carboxylic acids is 1. The van der Waals surface area contributed by atoms with E-state index >= 15 is 0 Å². The zero-order chi connectivity index (χ0) is 16.4. The summed E-state index contributed by atoms with van der Waals surface area (Å²) in [7, 11) is 0. The highest BCUT2D eigenvalue weighted by Crippen LogP contribution is 2.25. The molecule has 22 heavy (non-hydrogen) atoms. The largest absolute Gasteiger partial charge is 0.479 e. The van der Waals surface area contributed by atoms with E-state index in [1.165, 1.54) is 17.0 Å². The number of carbonyl (C=O) groups excluding carboxylic acids is 1. The van der Waals surface area contributed by atoms with Crippen molar-refractivity contribution in [3.63, 3.8) is 0 Å². The van der Waals surface area contributed by atoms with Gasteiger partial charge in [-0.15, -0.1) is 0 Å². The van der Waals surface area contributed by atoms with Crippen molar-refractivity contribution in [3.8, 4) is 0 Å². The highest BCUT2D eigenvalue weighted by Gasteiger charge is 2.33. The van der Waals surface area contributed by atoms with Crippen molar-refractivity contribution in [2.45, 2.75) is 19.1 Å². The van der Waals surface area contributed by atoms with Crippen LogP contribution in [0.15, 0.2) is 18.2 Å². The van der Waals surface area contributed by atoms with Crippen LogP contribution >= 0.6 is 11.6 Å². The maximum atomic E-state index is 12.4. The molecule has 1 aromatic carbocycles. The number of carbonyl (C=O) groups is 2. The quantitative estimate of drug-likeness (QED) is 0.666. The van der Waals surface area contributed by atoms with Gasteiger partial charge in [0.15, 0.2) is 6.10 Å². The second-order valence-corrected chi connectivity index (χ2v) is 5.31. The third kappa shape index (κ3) is 3.34. The highest BCUT2D eigenvalue weighted by atomic mass is 35.5. The number of non-ortho nitro benzene ring substituents is 1. The van der Waals surface area contributed by atoms with Gasteiger partial charge in [-0.1, -0.05) is 11.6 Å². The van der Waals surface area contributed by atoms with E-state index in [0.29, 0.717) is 0 Å². The molecule has 1 N–H and O–H groups in total. The molecule has 2 atom stereocenters. The van der Waals surface area contributed by atoms with Crippen molar-refractivity contribution in [1.29, 1.82) is 0 Å². The molecule has 1 fully saturated rings. The van der Waals surface area contributed by atoms with Gasteiger partial charge in [-0.3, -0.25) is 14.9 Å². The Morgan fingerprint density at radius 1 is 1.45 bits per heavy atom. The van der Waals surface area contributed by atoms with Crippen LogP contribution in [-0.4, -0.2) is 52.1 Å². The molecule has 1 amide bonds. The van der Waals surface area contributed by atoms with Gasteiger partial charge in [0.1, 0.15) is 0 Å². The Morgan fingerprint density at radius 3 is 2.68 bits per heavy atom. The summed E-state index contributed by atoms with van der Waals surface area (Å²) < 4.78 is 5.23. The third-order valence-corrected chi connectivity index (χ3v) is 3.53. The van der Waals surface area contributed by atoms with Crippen LogP contribution in [0.1, 0.15) is 17.3 Å². The number of hydrogen-bond acceptors (Lipinski definition) is 5. The average Bonchev–Trinajstić information content (AvgIpc) is 2.45. The van der Waals surface area contributed by atoms with Crippen molar-refractivity contribution < 1.29 is 24.4 Å². The molecule has 0 aromatic heterocycles. The molecular formula is C13H13ClN2O6. The van der Waals surface area contributed by atoms with Crippen molar-refractivity contribution in [3.05, 3.63) is 38.9 Å². The fourth-order valence-corrected chi connectivity index (χ4v) is 2.47. The van der Waals surface area contributed by atoms with E-state index in [9.17, 15) is 19.7 Å². The van der Waals surface area contributed by atoms with Crippen LogP contribution in [0.4, 0.5) is 5.69 Å². The predicted molar refractivity (Wildman–Crippen MR) is 76.0 cm³/mol. The van der Waals surface area contributed by atoms with E-state index in [4.69, 9.17) is 21.4 Å². The number of nitro groups is 1. The minimum Gasteiger partial charge on any atom is -0.479 e. The van der Waals surface area contributed by atoms with Crippen LogP contribution in [0.25, 0.3) is 0 Å². The highest BCUT2D eigenvalue weighted by molar-refractivity contribution is 6.34. The lowest BCUT2D eigenvalue weighted by molar-refractivity contribution is -0.384. The lowest BCUT2D eigenvalue weighted by atomic mass is 10.1. The number of halogens is 1. The Labute approximate surface area is 130 Å². The van der Waals surface area contributed by atoms with Crippen LogP contribution in [0.5, 0.6) is 0 Å². The molecule has 1 saturated heterocycles. The van der Waals surface area contributed by atoms with Gasteiger partial charge >= 0.3 is 5.97 Å². The van der Waals surface area contributed by atoms with Gasteiger partial charge in [0.05, 0.1) is 28.2 Å². The van der Waals surface area contributed by atoms with Crippen LogP contribution in [0, 0.1) is 10.1 Å². The first-order chi connectivity index (χ1) is 10.3. The van der Waals surface area contributed by atoms with Crippen molar-refractivity contribution >= 4 is 29.2 Å². The Hall–Kier alpha value is -2.19. The third-order valence-electron chi connectivity index (χ3n) is 3.22. The molecule has 1 aliphatic rings. The number of nitro benzene ring substituents is 1. The molecule has 1 aromatic rings. The molecule has 1 heterocycles. The van der Waals surface area contributed by atoms with E-state index in [1.54, 1.807) is 6.92 Å². The average molecular weight is 329 g/mol. The summed E-state index contributed by atoms with van der Waals surface area (Å²) in [5.41, 5.74) is -0.134. The molecule has 0 spiro atoms. The summed E-state index contributed by atoms with van der Waals surface area (Å²) in [5.74, 6) is -1.64. The Bertz CT molecular complexity index is 635. The summed E-state index contributed by atoms with van der Waals surface area (Å²) in [4.78, 5) is 34.8. The first-order valence-electron chi connectivity index (χ1n) is 6.41. The SMILES string of the molecule is C[C@@H]1CN(C(=O)c2ccc([N+](=O)[O-])cc2Cl)CC(C(=O)O)O1. The molecular weight excluding hydrogens is 316 g/mol. The van der Waals surface area contributed by atoms with Gasteiger partial charge in [-0.25, -0.2) is 4.79 Å². The fraction of sp³-hybridized carbons (Fsp3) is 0.385. The molecule has 2 rings (SSSR count). The smallest absolute Gasteiger partial charge is 0.334 e. The second-order valence-electron chi connectivity index (χ2n) is 4.90. The summed E-state index contributed by atoms with van der Waals surface area (Å²) in [6.45, 7) is 1.77. The number of morpholine rings is 1. The summed E-state index contributed by atoms with van der Waals surface area (Å²) in [6, 6.07) is 3.53. The van der Waals surface area contributed by atoms with Gasteiger partial charge in [-0.05, 0) is 13.0 Å². The Balaban J connectivity index is 2.23. The number of amides is 1. The molecule has 0 bridgehead atoms. The number of carboxylic acid groups (broad SMARTS) is 1. The lowest BCUT2D eigenvalue weighted by Crippen LogP contribution is -2.51. The number of ether oxygens (including phenoxy) is 1. The molecule has 118 valence electrons. The molecule has 0 radical (unpaired) electrons. The van der Waals surface area contributed by atoms with E-state index in [1.807, 2.05) is 0 Å². The Morgan fingerprint density at radius 2 is 2.14 bits per heavy atom. The minimum absolute atomic E-state index is 0.0507. The molecule has 1 aliphatic heterocycles. The van der Waals surface area contributed by atoms with Crippen LogP contribution in [-0.2, 0) is 9.53 Å². The van der Waals surface area contributed by atoms with Crippen LogP contribution in [0.2, 0.25) is 5.02 Å². The van der Waals surface area contributed by atoms with Gasteiger partial charge in [0, 0.05) is 18.7 Å². The normalized spacial score (nSPS) is 21.5. The van der Waals surface area contributed by atoms with Crippen LogP contribution < -0.4 is 0 Å². The monoisotopic (exact) mass is 328 g/mol. The predicted octanol–water partition coefficient (Wildman–Crippen LogP) is 1.56. The molecule has 0 saturated carbocycles. The fourth-order valence-electron chi connectivity index (χ4n) is 2.22. The lowest BCUT2D eigenvalue weighted by Gasteiger charge is -2.35. The van der Waals surface area contributed by atoms with Gasteiger partial charge in [-0.2, -0.15) is 0 Å². The maximum Gasteiger partial charge on any atom is 0.334 e. The van der Waals surface area contributed by atoms with E-state index in [0.717, 1.165) is 6.07 Å². The van der Waals surface area contributed by atoms with Crippen LogP contribution in [0.3, 0.4) is 0 Å². The number of benzene rings is 1. The number of nitrogens with zero attached hydrogens (tertiary/aromatic N) is 2. The van der Waals surface area contributed by atoms with Gasteiger partial charge in [0.2, 0.25) is 0 Å². The zero-order valence-electron chi connectivity index (χ0n) is 11.6.